The van der Waals surface area contributed by atoms with E-state index in [0.29, 0.717) is 11.1 Å². The lowest BCUT2D eigenvalue weighted by Gasteiger charge is -2.21. The Morgan fingerprint density at radius 1 is 0.589 bits per heavy atom. The number of hydrogen-bond acceptors (Lipinski definition) is 2. The number of benzene rings is 7. The Labute approximate surface area is 328 Å². The number of rotatable bonds is 7. The molecule has 0 fully saturated rings. The molecule has 0 radical (unpaired) electrons. The molecule has 9 aromatic rings. The molecular formula is C52H44N3O+. The summed E-state index contributed by atoms with van der Waals surface area (Å²) in [4.78, 5) is 0. The van der Waals surface area contributed by atoms with E-state index in [1.54, 1.807) is 0 Å². The number of aryl methyl sites for hydroxylation is 2. The number of nitriles is 1. The molecule has 2 aromatic heterocycles. The van der Waals surface area contributed by atoms with Crippen molar-refractivity contribution in [2.75, 3.05) is 0 Å². The van der Waals surface area contributed by atoms with Crippen LogP contribution in [0.25, 0.3) is 83.4 Å². The van der Waals surface area contributed by atoms with Crippen molar-refractivity contribution in [1.29, 1.82) is 5.26 Å². The number of furan rings is 1. The summed E-state index contributed by atoms with van der Waals surface area (Å²) in [5, 5.41) is 12.5. The van der Waals surface area contributed by atoms with Crippen LogP contribution in [0.5, 0.6) is 0 Å². The van der Waals surface area contributed by atoms with Crippen molar-refractivity contribution in [1.82, 2.24) is 4.57 Å². The van der Waals surface area contributed by atoms with Gasteiger partial charge in [-0.05, 0) is 82.5 Å². The normalized spacial score (nSPS) is 11.7. The summed E-state index contributed by atoms with van der Waals surface area (Å²) in [5.74, 6) is 1.52. The van der Waals surface area contributed by atoms with Crippen molar-refractivity contribution < 1.29 is 8.98 Å². The van der Waals surface area contributed by atoms with Gasteiger partial charge in [0.2, 0.25) is 0 Å². The van der Waals surface area contributed by atoms with E-state index in [1.165, 1.54) is 39.1 Å². The maximum absolute atomic E-state index is 10.6. The van der Waals surface area contributed by atoms with Gasteiger partial charge >= 0.3 is 0 Å². The van der Waals surface area contributed by atoms with E-state index in [9.17, 15) is 5.26 Å². The molecule has 0 atom stereocenters. The van der Waals surface area contributed by atoms with E-state index in [0.717, 1.165) is 55.5 Å². The standard InChI is InChI=1S/C52H44N3O/c1-32(2)43-29-39(37-24-22-36(23-25-37)35-15-9-7-10-16-35)30-44(33(3)4)49(43)55-47-20-14-13-19-46(47)54(6)52(55)48-34(5)21-26-42-41-28-27-40(38-17-11-8-12-18-38)45(31-53)50(41)56-51(42)48/h7-30,32-33H,1-6H3/q+1. The van der Waals surface area contributed by atoms with Gasteiger partial charge < -0.3 is 4.42 Å². The minimum Gasteiger partial charge on any atom is -0.454 e. The van der Waals surface area contributed by atoms with Crippen LogP contribution in [-0.4, -0.2) is 4.57 Å². The second-order valence-electron chi connectivity index (χ2n) is 15.5. The molecule has 272 valence electrons. The molecule has 4 heteroatoms. The molecule has 56 heavy (non-hydrogen) atoms. The summed E-state index contributed by atoms with van der Waals surface area (Å²) in [5.41, 5.74) is 16.8. The summed E-state index contributed by atoms with van der Waals surface area (Å²) in [6, 6.07) is 54.1. The first kappa shape index (κ1) is 35.0. The van der Waals surface area contributed by atoms with Crippen LogP contribution in [0.4, 0.5) is 0 Å². The zero-order valence-corrected chi connectivity index (χ0v) is 32.8. The van der Waals surface area contributed by atoms with Crippen LogP contribution < -0.4 is 4.57 Å². The lowest BCUT2D eigenvalue weighted by Crippen LogP contribution is -2.30. The van der Waals surface area contributed by atoms with Gasteiger partial charge in [-0.15, -0.1) is 0 Å². The van der Waals surface area contributed by atoms with Gasteiger partial charge in [-0.2, -0.15) is 9.83 Å². The minimum atomic E-state index is 0.239. The van der Waals surface area contributed by atoms with Crippen LogP contribution in [0, 0.1) is 18.3 Å². The lowest BCUT2D eigenvalue weighted by molar-refractivity contribution is -0.633. The van der Waals surface area contributed by atoms with Crippen LogP contribution in [0.15, 0.2) is 150 Å². The van der Waals surface area contributed by atoms with Crippen molar-refractivity contribution in [3.8, 4) is 56.5 Å². The fraction of sp³-hybridized carbons (Fsp3) is 0.154. The summed E-state index contributed by atoms with van der Waals surface area (Å²) in [7, 11) is 2.16. The van der Waals surface area contributed by atoms with Gasteiger partial charge in [0.05, 0.1) is 7.05 Å². The number of fused-ring (bicyclic) bond motifs is 4. The topological polar surface area (TPSA) is 45.7 Å². The molecule has 0 aliphatic rings. The van der Waals surface area contributed by atoms with Gasteiger partial charge in [0.15, 0.2) is 22.2 Å². The molecule has 0 aliphatic carbocycles. The Hall–Kier alpha value is -6.70. The molecular weight excluding hydrogens is 683 g/mol. The Bertz CT molecular complexity index is 2950. The molecule has 0 amide bonds. The molecule has 2 heterocycles. The number of imidazole rings is 1. The Balaban J connectivity index is 1.32. The number of para-hydroxylation sites is 2. The maximum Gasteiger partial charge on any atom is 0.299 e. The monoisotopic (exact) mass is 726 g/mol. The van der Waals surface area contributed by atoms with E-state index in [2.05, 4.69) is 172 Å². The number of aromatic nitrogens is 2. The second kappa shape index (κ2) is 13.9. The van der Waals surface area contributed by atoms with Crippen LogP contribution in [0.2, 0.25) is 0 Å². The third-order valence-corrected chi connectivity index (χ3v) is 11.4. The molecule has 0 N–H and O–H groups in total. The van der Waals surface area contributed by atoms with Gasteiger partial charge in [0.1, 0.15) is 22.9 Å². The first-order valence-corrected chi connectivity index (χ1v) is 19.5. The fourth-order valence-electron chi connectivity index (χ4n) is 8.54. The van der Waals surface area contributed by atoms with Crippen molar-refractivity contribution in [3.63, 3.8) is 0 Å². The van der Waals surface area contributed by atoms with Crippen molar-refractivity contribution in [2.45, 2.75) is 46.5 Å². The van der Waals surface area contributed by atoms with Gasteiger partial charge in [-0.1, -0.05) is 143 Å². The van der Waals surface area contributed by atoms with Gasteiger partial charge in [-0.3, -0.25) is 0 Å². The highest BCUT2D eigenvalue weighted by Gasteiger charge is 2.34. The SMILES string of the molecule is Cc1ccc2c(oc3c(C#N)c(-c4ccccc4)ccc32)c1-c1n(-c2c(C(C)C)cc(-c3ccc(-c4ccccc4)cc3)cc2C(C)C)c2ccccc2[n+]1C. The molecule has 0 aliphatic heterocycles. The fourth-order valence-corrected chi connectivity index (χ4v) is 8.54. The molecule has 4 nitrogen and oxygen atoms in total. The molecule has 0 bridgehead atoms. The minimum absolute atomic E-state index is 0.239. The zero-order chi connectivity index (χ0) is 38.7. The highest BCUT2D eigenvalue weighted by molar-refractivity contribution is 6.12. The summed E-state index contributed by atoms with van der Waals surface area (Å²) >= 11 is 0. The van der Waals surface area contributed by atoms with Crippen LogP contribution in [0.1, 0.15) is 61.8 Å². The average Bonchev–Trinajstić information content (AvgIpc) is 3.75. The number of hydrogen-bond donors (Lipinski definition) is 0. The van der Waals surface area contributed by atoms with Gasteiger partial charge in [0.25, 0.3) is 5.82 Å². The van der Waals surface area contributed by atoms with E-state index >= 15 is 0 Å². The highest BCUT2D eigenvalue weighted by atomic mass is 16.3. The molecule has 0 unspecified atom stereocenters. The van der Waals surface area contributed by atoms with Gasteiger partial charge in [0, 0.05) is 27.5 Å². The zero-order valence-electron chi connectivity index (χ0n) is 32.8. The van der Waals surface area contributed by atoms with Gasteiger partial charge in [-0.25, -0.2) is 4.57 Å². The van der Waals surface area contributed by atoms with E-state index in [1.807, 2.05) is 30.3 Å². The molecule has 0 saturated heterocycles. The predicted octanol–water partition coefficient (Wildman–Crippen LogP) is 13.4. The Morgan fingerprint density at radius 3 is 1.75 bits per heavy atom. The van der Waals surface area contributed by atoms with Crippen LogP contribution >= 0.6 is 0 Å². The molecule has 0 spiro atoms. The van der Waals surface area contributed by atoms with E-state index < -0.39 is 0 Å². The van der Waals surface area contributed by atoms with E-state index in [-0.39, 0.29) is 11.8 Å². The summed E-state index contributed by atoms with van der Waals surface area (Å²) in [6.07, 6.45) is 0. The Kier molecular flexibility index (Phi) is 8.67. The molecule has 7 aromatic carbocycles. The average molecular weight is 727 g/mol. The smallest absolute Gasteiger partial charge is 0.299 e. The lowest BCUT2D eigenvalue weighted by atomic mass is 9.87. The van der Waals surface area contributed by atoms with Crippen molar-refractivity contribution >= 4 is 33.0 Å². The summed E-state index contributed by atoms with van der Waals surface area (Å²) < 4.78 is 11.8. The van der Waals surface area contributed by atoms with Crippen LogP contribution in [-0.2, 0) is 7.05 Å². The van der Waals surface area contributed by atoms with E-state index in [4.69, 9.17) is 4.42 Å². The maximum atomic E-state index is 10.6. The molecule has 0 saturated carbocycles. The molecule has 9 rings (SSSR count). The van der Waals surface area contributed by atoms with Crippen molar-refractivity contribution in [2.24, 2.45) is 7.05 Å². The van der Waals surface area contributed by atoms with Crippen molar-refractivity contribution in [3.05, 3.63) is 168 Å². The third kappa shape index (κ3) is 5.62. The largest absolute Gasteiger partial charge is 0.454 e. The number of nitrogens with zero attached hydrogens (tertiary/aromatic N) is 3. The quantitative estimate of drug-likeness (QED) is 0.154. The highest BCUT2D eigenvalue weighted by Crippen LogP contribution is 2.44. The second-order valence-corrected chi connectivity index (χ2v) is 15.5. The predicted molar refractivity (Wildman–Crippen MR) is 231 cm³/mol. The first-order chi connectivity index (χ1) is 27.2. The summed E-state index contributed by atoms with van der Waals surface area (Å²) in [6.45, 7) is 11.4. The Morgan fingerprint density at radius 2 is 1.12 bits per heavy atom. The van der Waals surface area contributed by atoms with Crippen LogP contribution in [0.3, 0.4) is 0 Å². The first-order valence-electron chi connectivity index (χ1n) is 19.5. The third-order valence-electron chi connectivity index (χ3n) is 11.4.